The van der Waals surface area contributed by atoms with Gasteiger partial charge in [-0.3, -0.25) is 9.78 Å². The Balaban J connectivity index is 1.75. The minimum Gasteiger partial charge on any atom is -0.342 e. The summed E-state index contributed by atoms with van der Waals surface area (Å²) < 4.78 is 0. The highest BCUT2D eigenvalue weighted by Gasteiger charge is 2.24. The molecule has 22 heavy (non-hydrogen) atoms. The molecule has 6 nitrogen and oxygen atoms in total. The largest absolute Gasteiger partial charge is 0.342 e. The first-order valence-electron chi connectivity index (χ1n) is 7.48. The molecule has 3 heterocycles. The lowest BCUT2D eigenvalue weighted by atomic mass is 9.95. The molecule has 0 aromatic carbocycles. The molecule has 0 bridgehead atoms. The van der Waals surface area contributed by atoms with Crippen LogP contribution in [0.3, 0.4) is 0 Å². The normalized spacial score (nSPS) is 18.0. The number of nitrogens with one attached hydrogen (secondary N) is 1. The molecule has 0 radical (unpaired) electrons. The van der Waals surface area contributed by atoms with Crippen molar-refractivity contribution in [1.82, 2.24) is 19.9 Å². The van der Waals surface area contributed by atoms with E-state index in [0.717, 1.165) is 37.4 Å². The molecular weight excluding hydrogens is 278 g/mol. The quantitative estimate of drug-likeness (QED) is 0.941. The standard InChI is InChI=1S/C16H19N5O/c1-12(22)21-8-4-5-13(11-21)14-9-17-10-16(19-14)20-15-6-2-3-7-18-15/h2-3,6-7,9-10,13H,4-5,8,11H2,1H3,(H,18,19,20)/t13-/m0/s1. The maximum Gasteiger partial charge on any atom is 0.219 e. The molecule has 0 aliphatic carbocycles. The van der Waals surface area contributed by atoms with Crippen molar-refractivity contribution >= 4 is 17.5 Å². The zero-order valence-electron chi connectivity index (χ0n) is 12.6. The van der Waals surface area contributed by atoms with E-state index in [1.54, 1.807) is 25.5 Å². The van der Waals surface area contributed by atoms with Crippen molar-refractivity contribution in [3.63, 3.8) is 0 Å². The number of carbonyl (C=O) groups is 1. The number of hydrogen-bond acceptors (Lipinski definition) is 5. The minimum absolute atomic E-state index is 0.125. The van der Waals surface area contributed by atoms with E-state index < -0.39 is 0 Å². The van der Waals surface area contributed by atoms with Gasteiger partial charge in [0.15, 0.2) is 0 Å². The van der Waals surface area contributed by atoms with Gasteiger partial charge in [0, 0.05) is 38.3 Å². The third-order valence-corrected chi connectivity index (χ3v) is 3.86. The van der Waals surface area contributed by atoms with Crippen LogP contribution in [0, 0.1) is 0 Å². The average molecular weight is 297 g/mol. The summed E-state index contributed by atoms with van der Waals surface area (Å²) in [7, 11) is 0. The van der Waals surface area contributed by atoms with Gasteiger partial charge < -0.3 is 10.2 Å². The van der Waals surface area contributed by atoms with Gasteiger partial charge in [0.1, 0.15) is 11.6 Å². The smallest absolute Gasteiger partial charge is 0.219 e. The van der Waals surface area contributed by atoms with Crippen molar-refractivity contribution in [3.05, 3.63) is 42.5 Å². The Labute approximate surface area is 129 Å². The Hall–Kier alpha value is -2.50. The van der Waals surface area contributed by atoms with Crippen LogP contribution in [0.25, 0.3) is 0 Å². The monoisotopic (exact) mass is 297 g/mol. The summed E-state index contributed by atoms with van der Waals surface area (Å²) in [4.78, 5) is 26.6. The van der Waals surface area contributed by atoms with Gasteiger partial charge in [0.05, 0.1) is 11.9 Å². The highest BCUT2D eigenvalue weighted by Crippen LogP contribution is 2.26. The van der Waals surface area contributed by atoms with Crippen LogP contribution >= 0.6 is 0 Å². The summed E-state index contributed by atoms with van der Waals surface area (Å²) >= 11 is 0. The van der Waals surface area contributed by atoms with E-state index in [-0.39, 0.29) is 11.8 Å². The Morgan fingerprint density at radius 3 is 3.00 bits per heavy atom. The summed E-state index contributed by atoms with van der Waals surface area (Å²) in [6.07, 6.45) is 7.24. The highest BCUT2D eigenvalue weighted by atomic mass is 16.2. The summed E-state index contributed by atoms with van der Waals surface area (Å²) in [5.41, 5.74) is 0.923. The van der Waals surface area contributed by atoms with Crippen molar-refractivity contribution in [2.75, 3.05) is 18.4 Å². The van der Waals surface area contributed by atoms with Gasteiger partial charge >= 0.3 is 0 Å². The number of likely N-dealkylation sites (tertiary alicyclic amines) is 1. The van der Waals surface area contributed by atoms with E-state index in [4.69, 9.17) is 0 Å². The van der Waals surface area contributed by atoms with Crippen LogP contribution in [0.15, 0.2) is 36.8 Å². The molecule has 1 fully saturated rings. The molecule has 0 saturated carbocycles. The van der Waals surface area contributed by atoms with E-state index in [2.05, 4.69) is 20.3 Å². The lowest BCUT2D eigenvalue weighted by Crippen LogP contribution is -2.37. The molecule has 1 aliphatic rings. The van der Waals surface area contributed by atoms with Gasteiger partial charge in [-0.2, -0.15) is 0 Å². The lowest BCUT2D eigenvalue weighted by molar-refractivity contribution is -0.130. The molecule has 0 spiro atoms. The number of anilines is 2. The van der Waals surface area contributed by atoms with Gasteiger partial charge in [-0.25, -0.2) is 9.97 Å². The number of nitrogens with zero attached hydrogens (tertiary/aromatic N) is 4. The lowest BCUT2D eigenvalue weighted by Gasteiger charge is -2.31. The number of amides is 1. The van der Waals surface area contributed by atoms with Gasteiger partial charge in [-0.1, -0.05) is 6.07 Å². The van der Waals surface area contributed by atoms with Crippen LogP contribution in [0.4, 0.5) is 11.6 Å². The molecular formula is C16H19N5O. The Bertz CT molecular complexity index is 646. The zero-order valence-corrected chi connectivity index (χ0v) is 12.6. The van der Waals surface area contributed by atoms with Gasteiger partial charge in [-0.15, -0.1) is 0 Å². The molecule has 6 heteroatoms. The molecule has 1 N–H and O–H groups in total. The van der Waals surface area contributed by atoms with E-state index in [1.165, 1.54) is 0 Å². The molecule has 1 amide bonds. The average Bonchev–Trinajstić information content (AvgIpc) is 2.56. The van der Waals surface area contributed by atoms with Crippen LogP contribution in [0.2, 0.25) is 0 Å². The van der Waals surface area contributed by atoms with Crippen molar-refractivity contribution in [2.45, 2.75) is 25.7 Å². The maximum atomic E-state index is 11.6. The van der Waals surface area contributed by atoms with Crippen LogP contribution < -0.4 is 5.32 Å². The van der Waals surface area contributed by atoms with Crippen LogP contribution in [0.5, 0.6) is 0 Å². The molecule has 2 aromatic rings. The number of pyridine rings is 1. The molecule has 0 unspecified atom stereocenters. The van der Waals surface area contributed by atoms with Crippen molar-refractivity contribution in [1.29, 1.82) is 0 Å². The second-order valence-electron chi connectivity index (χ2n) is 5.47. The van der Waals surface area contributed by atoms with Crippen molar-refractivity contribution in [3.8, 4) is 0 Å². The van der Waals surface area contributed by atoms with E-state index >= 15 is 0 Å². The van der Waals surface area contributed by atoms with Gasteiger partial charge in [-0.05, 0) is 25.0 Å². The first-order chi connectivity index (χ1) is 10.7. The number of hydrogen-bond donors (Lipinski definition) is 1. The van der Waals surface area contributed by atoms with Crippen LogP contribution in [-0.2, 0) is 4.79 Å². The second-order valence-corrected chi connectivity index (χ2v) is 5.47. The summed E-state index contributed by atoms with van der Waals surface area (Å²) in [6.45, 7) is 3.18. The van der Waals surface area contributed by atoms with Gasteiger partial charge in [0.2, 0.25) is 5.91 Å². The molecule has 1 aliphatic heterocycles. The maximum absolute atomic E-state index is 11.6. The number of carbonyl (C=O) groups excluding carboxylic acids is 1. The first-order valence-corrected chi connectivity index (χ1v) is 7.48. The fourth-order valence-electron chi connectivity index (χ4n) is 2.71. The van der Waals surface area contributed by atoms with Crippen LogP contribution in [-0.4, -0.2) is 38.8 Å². The second kappa shape index (κ2) is 6.51. The molecule has 114 valence electrons. The van der Waals surface area contributed by atoms with E-state index in [1.807, 2.05) is 23.1 Å². The summed E-state index contributed by atoms with van der Waals surface area (Å²) in [5.74, 6) is 1.79. The fraction of sp³-hybridized carbons (Fsp3) is 0.375. The third kappa shape index (κ3) is 3.39. The first kappa shape index (κ1) is 14.4. The third-order valence-electron chi connectivity index (χ3n) is 3.86. The number of rotatable bonds is 3. The highest BCUT2D eigenvalue weighted by molar-refractivity contribution is 5.73. The van der Waals surface area contributed by atoms with Crippen molar-refractivity contribution in [2.24, 2.45) is 0 Å². The predicted molar refractivity (Wildman–Crippen MR) is 83.8 cm³/mol. The Morgan fingerprint density at radius 2 is 2.23 bits per heavy atom. The topological polar surface area (TPSA) is 71.0 Å². The van der Waals surface area contributed by atoms with Gasteiger partial charge in [0.25, 0.3) is 0 Å². The van der Waals surface area contributed by atoms with E-state index in [9.17, 15) is 4.79 Å². The number of aromatic nitrogens is 3. The Kier molecular flexibility index (Phi) is 4.27. The molecule has 2 aromatic heterocycles. The van der Waals surface area contributed by atoms with E-state index in [0.29, 0.717) is 5.82 Å². The summed E-state index contributed by atoms with van der Waals surface area (Å²) in [5, 5.41) is 3.15. The SMILES string of the molecule is CC(=O)N1CCC[C@H](c2cncc(Nc3ccccn3)n2)C1. The summed E-state index contributed by atoms with van der Waals surface area (Å²) in [6, 6.07) is 5.66. The molecule has 1 atom stereocenters. The zero-order chi connectivity index (χ0) is 15.4. The Morgan fingerprint density at radius 1 is 1.32 bits per heavy atom. The molecule has 3 rings (SSSR count). The van der Waals surface area contributed by atoms with Crippen molar-refractivity contribution < 1.29 is 4.79 Å². The number of piperidine rings is 1. The minimum atomic E-state index is 0.125. The fourth-order valence-corrected chi connectivity index (χ4v) is 2.71. The predicted octanol–water partition coefficient (Wildman–Crippen LogP) is 2.34. The van der Waals surface area contributed by atoms with Crippen LogP contribution in [0.1, 0.15) is 31.4 Å². The molecule has 1 saturated heterocycles.